The van der Waals surface area contributed by atoms with Gasteiger partial charge in [-0.25, -0.2) is 0 Å². The van der Waals surface area contributed by atoms with Crippen molar-refractivity contribution in [3.63, 3.8) is 0 Å². The molecule has 0 bridgehead atoms. The topological polar surface area (TPSA) is 12.0 Å². The van der Waals surface area contributed by atoms with E-state index in [-0.39, 0.29) is 0 Å². The van der Waals surface area contributed by atoms with Crippen molar-refractivity contribution in [2.45, 2.75) is 126 Å². The third kappa shape index (κ3) is 12.7. The van der Waals surface area contributed by atoms with E-state index in [9.17, 15) is 0 Å². The summed E-state index contributed by atoms with van der Waals surface area (Å²) in [6.45, 7) is 23.6. The predicted molar refractivity (Wildman–Crippen MR) is 125 cm³/mol. The lowest BCUT2D eigenvalue weighted by Crippen LogP contribution is -2.41. The Labute approximate surface area is 173 Å². The van der Waals surface area contributed by atoms with Crippen molar-refractivity contribution in [3.8, 4) is 0 Å². The van der Waals surface area contributed by atoms with E-state index in [4.69, 9.17) is 0 Å². The Morgan fingerprint density at radius 2 is 1.44 bits per heavy atom. The van der Waals surface area contributed by atoms with Crippen LogP contribution in [0.15, 0.2) is 11.6 Å². The number of nitrogens with one attached hydrogen (secondary N) is 1. The highest BCUT2D eigenvalue weighted by Gasteiger charge is 2.21. The van der Waals surface area contributed by atoms with Crippen LogP contribution >= 0.6 is 0 Å². The number of hydrogen-bond donors (Lipinski definition) is 1. The molecular weight excluding hydrogens is 326 g/mol. The van der Waals surface area contributed by atoms with Crippen molar-refractivity contribution in [3.05, 3.63) is 11.6 Å². The molecule has 1 N–H and O–H groups in total. The maximum Gasteiger partial charge on any atom is 0.00695 e. The minimum atomic E-state index is 0.634. The van der Waals surface area contributed by atoms with Crippen LogP contribution in [0.4, 0.5) is 0 Å². The van der Waals surface area contributed by atoms with Gasteiger partial charge in [-0.2, -0.15) is 0 Å². The van der Waals surface area contributed by atoms with Gasteiger partial charge in [0.05, 0.1) is 0 Å². The summed E-state index contributed by atoms with van der Waals surface area (Å²) in [7, 11) is 0. The molecule has 5 atom stereocenters. The second-order valence-electron chi connectivity index (χ2n) is 10.2. The second kappa shape index (κ2) is 14.7. The van der Waals surface area contributed by atoms with Crippen LogP contribution in [-0.4, -0.2) is 12.1 Å². The van der Waals surface area contributed by atoms with Crippen molar-refractivity contribution in [1.82, 2.24) is 5.32 Å². The summed E-state index contributed by atoms with van der Waals surface area (Å²) < 4.78 is 0. The van der Waals surface area contributed by atoms with Gasteiger partial charge in [0.15, 0.2) is 0 Å². The molecule has 0 aromatic heterocycles. The molecule has 1 nitrogen and oxygen atoms in total. The summed E-state index contributed by atoms with van der Waals surface area (Å²) in [6.07, 6.45) is 11.7. The Bertz CT molecular complexity index is 382. The minimum Gasteiger partial charge on any atom is -0.311 e. The Hall–Kier alpha value is -0.300. The zero-order valence-corrected chi connectivity index (χ0v) is 20.6. The van der Waals surface area contributed by atoms with Gasteiger partial charge < -0.3 is 5.32 Å². The van der Waals surface area contributed by atoms with Crippen LogP contribution in [0.3, 0.4) is 0 Å². The van der Waals surface area contributed by atoms with Crippen LogP contribution in [0, 0.1) is 29.6 Å². The van der Waals surface area contributed by atoms with Gasteiger partial charge in [-0.3, -0.25) is 0 Å². The van der Waals surface area contributed by atoms with Crippen LogP contribution in [0.25, 0.3) is 0 Å². The van der Waals surface area contributed by atoms with Gasteiger partial charge in [0.25, 0.3) is 0 Å². The van der Waals surface area contributed by atoms with Crippen molar-refractivity contribution in [2.24, 2.45) is 29.6 Å². The first-order valence-electron chi connectivity index (χ1n) is 12.0. The summed E-state index contributed by atoms with van der Waals surface area (Å²) in [4.78, 5) is 0. The molecule has 0 radical (unpaired) electrons. The largest absolute Gasteiger partial charge is 0.311 e. The molecule has 1 heteroatoms. The summed E-state index contributed by atoms with van der Waals surface area (Å²) in [5.74, 6) is 3.84. The van der Waals surface area contributed by atoms with Crippen LogP contribution in [0.1, 0.15) is 114 Å². The van der Waals surface area contributed by atoms with E-state index in [1.165, 1.54) is 44.9 Å². The Morgan fingerprint density at radius 3 is 1.93 bits per heavy atom. The zero-order chi connectivity index (χ0) is 21.0. The van der Waals surface area contributed by atoms with Gasteiger partial charge in [0.1, 0.15) is 0 Å². The van der Waals surface area contributed by atoms with E-state index in [1.54, 1.807) is 5.57 Å². The number of allylic oxidation sites excluding steroid dienone is 2. The average Bonchev–Trinajstić information content (AvgIpc) is 2.59. The molecule has 162 valence electrons. The van der Waals surface area contributed by atoms with Crippen molar-refractivity contribution in [1.29, 1.82) is 0 Å². The molecule has 0 spiro atoms. The molecular formula is C26H53N. The van der Waals surface area contributed by atoms with Gasteiger partial charge in [0.2, 0.25) is 0 Å². The fourth-order valence-electron chi connectivity index (χ4n) is 4.26. The normalized spacial score (nSPS) is 18.6. The molecule has 0 saturated carbocycles. The monoisotopic (exact) mass is 379 g/mol. The highest BCUT2D eigenvalue weighted by atomic mass is 14.9. The van der Waals surface area contributed by atoms with Gasteiger partial charge in [-0.05, 0) is 75.5 Å². The molecule has 0 aliphatic heterocycles. The maximum atomic E-state index is 3.97. The summed E-state index contributed by atoms with van der Waals surface area (Å²) in [5, 5.41) is 3.97. The van der Waals surface area contributed by atoms with Gasteiger partial charge in [-0.15, -0.1) is 0 Å². The van der Waals surface area contributed by atoms with Crippen molar-refractivity contribution in [2.75, 3.05) is 0 Å². The highest BCUT2D eigenvalue weighted by Crippen LogP contribution is 2.27. The molecule has 0 aromatic carbocycles. The fraction of sp³-hybridized carbons (Fsp3) is 0.923. The smallest absolute Gasteiger partial charge is 0.00695 e. The molecule has 0 aliphatic carbocycles. The standard InChI is InChI=1S/C26H53N/c1-11-25(24(10)27-26(12-2)16-13-19(3)4)18-21(7)14-15-22(8)23(9)17-20(5)6/h17,19-22,24-27H,11-16,18H2,1-10H3/b23-17+. The van der Waals surface area contributed by atoms with Gasteiger partial charge in [0, 0.05) is 12.1 Å². The van der Waals surface area contributed by atoms with Gasteiger partial charge in [-0.1, -0.05) is 79.9 Å². The SMILES string of the molecule is CCC(CCC(C)C)NC(C)C(CC)CC(C)CCC(C)/C(C)=C/C(C)C. The minimum absolute atomic E-state index is 0.634. The molecule has 0 saturated heterocycles. The molecule has 0 amide bonds. The van der Waals surface area contributed by atoms with Crippen molar-refractivity contribution < 1.29 is 0 Å². The first-order valence-corrected chi connectivity index (χ1v) is 12.0. The van der Waals surface area contributed by atoms with E-state index in [1.807, 2.05) is 0 Å². The lowest BCUT2D eigenvalue weighted by atomic mass is 9.83. The molecule has 0 aromatic rings. The van der Waals surface area contributed by atoms with E-state index in [0.29, 0.717) is 18.0 Å². The Kier molecular flexibility index (Phi) is 14.5. The lowest BCUT2D eigenvalue weighted by Gasteiger charge is -2.31. The Morgan fingerprint density at radius 1 is 0.815 bits per heavy atom. The van der Waals surface area contributed by atoms with Crippen molar-refractivity contribution >= 4 is 0 Å². The van der Waals surface area contributed by atoms with E-state index in [0.717, 1.165) is 23.7 Å². The Balaban J connectivity index is 4.46. The first kappa shape index (κ1) is 26.7. The van der Waals surface area contributed by atoms with Crippen LogP contribution in [-0.2, 0) is 0 Å². The van der Waals surface area contributed by atoms with Gasteiger partial charge >= 0.3 is 0 Å². The van der Waals surface area contributed by atoms with Crippen LogP contribution in [0.2, 0.25) is 0 Å². The third-order valence-electron chi connectivity index (χ3n) is 6.49. The first-order chi connectivity index (χ1) is 12.6. The lowest BCUT2D eigenvalue weighted by molar-refractivity contribution is 0.258. The zero-order valence-electron chi connectivity index (χ0n) is 20.6. The summed E-state index contributed by atoms with van der Waals surface area (Å²) in [6, 6.07) is 1.32. The number of hydrogen-bond acceptors (Lipinski definition) is 1. The maximum absolute atomic E-state index is 3.97. The second-order valence-corrected chi connectivity index (χ2v) is 10.2. The van der Waals surface area contributed by atoms with Crippen LogP contribution in [0.5, 0.6) is 0 Å². The molecule has 0 rings (SSSR count). The molecule has 5 unspecified atom stereocenters. The van der Waals surface area contributed by atoms with E-state index < -0.39 is 0 Å². The van der Waals surface area contributed by atoms with E-state index in [2.05, 4.69) is 80.6 Å². The molecule has 0 heterocycles. The molecule has 27 heavy (non-hydrogen) atoms. The summed E-state index contributed by atoms with van der Waals surface area (Å²) in [5.41, 5.74) is 1.58. The molecule has 0 fully saturated rings. The van der Waals surface area contributed by atoms with E-state index >= 15 is 0 Å². The van der Waals surface area contributed by atoms with Crippen LogP contribution < -0.4 is 5.32 Å². The number of rotatable bonds is 15. The molecule has 0 aliphatic rings. The third-order valence-corrected chi connectivity index (χ3v) is 6.49. The fourth-order valence-corrected chi connectivity index (χ4v) is 4.26. The summed E-state index contributed by atoms with van der Waals surface area (Å²) >= 11 is 0. The predicted octanol–water partition coefficient (Wildman–Crippen LogP) is 8.25. The quantitative estimate of drug-likeness (QED) is 0.282. The average molecular weight is 380 g/mol. The highest BCUT2D eigenvalue weighted by molar-refractivity contribution is 5.03.